The Balaban J connectivity index is 2.72. The van der Waals surface area contributed by atoms with Gasteiger partial charge < -0.3 is 26.4 Å². The zero-order chi connectivity index (χ0) is 15.2. The summed E-state index contributed by atoms with van der Waals surface area (Å²) in [6.07, 6.45) is 1.89. The summed E-state index contributed by atoms with van der Waals surface area (Å²) in [7, 11) is 0. The number of rotatable bonds is 5. The van der Waals surface area contributed by atoms with Gasteiger partial charge in [0.2, 0.25) is 0 Å². The third-order valence-electron chi connectivity index (χ3n) is 2.78. The molecular formula is C14H27N5O. The van der Waals surface area contributed by atoms with Crippen LogP contribution in [0.3, 0.4) is 0 Å². The molecule has 0 spiro atoms. The molecule has 1 heterocycles. The van der Waals surface area contributed by atoms with Crippen molar-refractivity contribution < 1.29 is 4.74 Å². The number of ether oxygens (including phenoxy) is 1. The Morgan fingerprint density at radius 3 is 2.45 bits per heavy atom. The lowest BCUT2D eigenvalue weighted by Gasteiger charge is -2.30. The third-order valence-corrected chi connectivity index (χ3v) is 2.78. The van der Waals surface area contributed by atoms with Gasteiger partial charge in [0.1, 0.15) is 0 Å². The summed E-state index contributed by atoms with van der Waals surface area (Å²) in [6, 6.07) is 0. The number of nitrogens with zero attached hydrogens (tertiary/aromatic N) is 2. The van der Waals surface area contributed by atoms with E-state index in [9.17, 15) is 0 Å². The zero-order valence-electron chi connectivity index (χ0n) is 12.8. The van der Waals surface area contributed by atoms with E-state index in [1.165, 1.54) is 0 Å². The van der Waals surface area contributed by atoms with Crippen LogP contribution in [-0.4, -0.2) is 49.2 Å². The Morgan fingerprint density at radius 1 is 1.35 bits per heavy atom. The SMILES string of the molecule is C=C(/C=C(/COC(C)(C)C)N=C(N)N)N1CCNCC1. The number of nitrogens with two attached hydrogens (primary N) is 2. The molecule has 6 heteroatoms. The minimum atomic E-state index is -0.242. The van der Waals surface area contributed by atoms with Crippen LogP contribution in [-0.2, 0) is 4.74 Å². The Labute approximate surface area is 121 Å². The molecule has 5 N–H and O–H groups in total. The fourth-order valence-electron chi connectivity index (χ4n) is 1.80. The Kier molecular flexibility index (Phi) is 6.04. The molecule has 0 atom stereocenters. The first-order valence-corrected chi connectivity index (χ1v) is 6.86. The molecule has 1 aliphatic rings. The molecule has 0 unspecified atom stereocenters. The molecule has 20 heavy (non-hydrogen) atoms. The van der Waals surface area contributed by atoms with E-state index in [4.69, 9.17) is 16.2 Å². The van der Waals surface area contributed by atoms with Gasteiger partial charge >= 0.3 is 0 Å². The van der Waals surface area contributed by atoms with Crippen molar-refractivity contribution in [2.24, 2.45) is 16.5 Å². The third kappa shape index (κ3) is 6.58. The van der Waals surface area contributed by atoms with Crippen LogP contribution in [0, 0.1) is 0 Å². The average Bonchev–Trinajstić information content (AvgIpc) is 2.35. The van der Waals surface area contributed by atoms with E-state index in [1.807, 2.05) is 26.8 Å². The normalized spacial score (nSPS) is 16.9. The Hall–Kier alpha value is -1.53. The second kappa shape index (κ2) is 7.31. The molecule has 6 nitrogen and oxygen atoms in total. The van der Waals surface area contributed by atoms with Gasteiger partial charge in [0, 0.05) is 31.9 Å². The first kappa shape index (κ1) is 16.5. The summed E-state index contributed by atoms with van der Waals surface area (Å²) >= 11 is 0. The minimum absolute atomic E-state index is 0.0295. The molecule has 0 radical (unpaired) electrons. The maximum atomic E-state index is 5.72. The van der Waals surface area contributed by atoms with Crippen molar-refractivity contribution in [3.05, 3.63) is 24.0 Å². The monoisotopic (exact) mass is 281 g/mol. The molecule has 0 aromatic rings. The summed E-state index contributed by atoms with van der Waals surface area (Å²) in [5, 5.41) is 3.30. The fraction of sp³-hybridized carbons (Fsp3) is 0.643. The van der Waals surface area contributed by atoms with Crippen LogP contribution >= 0.6 is 0 Å². The summed E-state index contributed by atoms with van der Waals surface area (Å²) in [5.41, 5.74) is 12.3. The molecular weight excluding hydrogens is 254 g/mol. The van der Waals surface area contributed by atoms with E-state index in [1.54, 1.807) is 0 Å². The quantitative estimate of drug-likeness (QED) is 0.385. The smallest absolute Gasteiger partial charge is 0.190 e. The number of piperazine rings is 1. The molecule has 114 valence electrons. The predicted octanol–water partition coefficient (Wildman–Crippen LogP) is 0.378. The number of aliphatic imine (C=N–C) groups is 1. The summed E-state index contributed by atoms with van der Waals surface area (Å²) in [4.78, 5) is 6.32. The molecule has 1 fully saturated rings. The van der Waals surface area contributed by atoms with Gasteiger partial charge in [-0.25, -0.2) is 4.99 Å². The number of nitrogens with one attached hydrogen (secondary N) is 1. The molecule has 1 rings (SSSR count). The van der Waals surface area contributed by atoms with Crippen LogP contribution in [0.25, 0.3) is 0 Å². The van der Waals surface area contributed by atoms with Crippen LogP contribution in [0.4, 0.5) is 0 Å². The fourth-order valence-corrected chi connectivity index (χ4v) is 1.80. The van der Waals surface area contributed by atoms with E-state index in [2.05, 4.69) is 21.8 Å². The standard InChI is InChI=1S/C14H27N5O/c1-11(19-7-5-17-6-8-19)9-12(18-13(15)16)10-20-14(2,3)4/h9,17H,1,5-8,10H2,2-4H3,(H4,15,16,18)/b12-9-. The average molecular weight is 281 g/mol. The molecule has 0 bridgehead atoms. The van der Waals surface area contributed by atoms with Crippen LogP contribution in [0.1, 0.15) is 20.8 Å². The molecule has 0 saturated carbocycles. The number of hydrogen-bond acceptors (Lipinski definition) is 4. The van der Waals surface area contributed by atoms with Crippen LogP contribution in [0.5, 0.6) is 0 Å². The highest BCUT2D eigenvalue weighted by Gasteiger charge is 2.13. The van der Waals surface area contributed by atoms with Gasteiger partial charge in [-0.15, -0.1) is 0 Å². The lowest BCUT2D eigenvalue weighted by molar-refractivity contribution is 0.0107. The Morgan fingerprint density at radius 2 is 1.95 bits per heavy atom. The molecule has 1 saturated heterocycles. The van der Waals surface area contributed by atoms with Crippen molar-refractivity contribution in [3.63, 3.8) is 0 Å². The first-order valence-electron chi connectivity index (χ1n) is 6.86. The van der Waals surface area contributed by atoms with Crippen molar-refractivity contribution >= 4 is 5.96 Å². The predicted molar refractivity (Wildman–Crippen MR) is 83.2 cm³/mol. The molecule has 0 aliphatic carbocycles. The topological polar surface area (TPSA) is 88.9 Å². The molecule has 0 aromatic heterocycles. The van der Waals surface area contributed by atoms with Gasteiger partial charge in [-0.3, -0.25) is 0 Å². The van der Waals surface area contributed by atoms with E-state index < -0.39 is 0 Å². The van der Waals surface area contributed by atoms with Gasteiger partial charge in [0.05, 0.1) is 17.9 Å². The van der Waals surface area contributed by atoms with Crippen molar-refractivity contribution in [2.45, 2.75) is 26.4 Å². The van der Waals surface area contributed by atoms with Crippen LogP contribution in [0.2, 0.25) is 0 Å². The zero-order valence-corrected chi connectivity index (χ0v) is 12.8. The van der Waals surface area contributed by atoms with Gasteiger partial charge in [-0.1, -0.05) is 6.58 Å². The molecule has 0 aromatic carbocycles. The maximum absolute atomic E-state index is 5.72. The molecule has 0 amide bonds. The number of hydrogen-bond donors (Lipinski definition) is 3. The number of guanidine groups is 1. The van der Waals surface area contributed by atoms with Crippen LogP contribution < -0.4 is 16.8 Å². The minimum Gasteiger partial charge on any atom is -0.370 e. The van der Waals surface area contributed by atoms with E-state index in [0.717, 1.165) is 31.9 Å². The summed E-state index contributed by atoms with van der Waals surface area (Å²) in [6.45, 7) is 14.2. The Bertz CT molecular complexity index is 385. The lowest BCUT2D eigenvalue weighted by Crippen LogP contribution is -2.42. The van der Waals surface area contributed by atoms with Gasteiger partial charge in [-0.2, -0.15) is 0 Å². The highest BCUT2D eigenvalue weighted by Crippen LogP contribution is 2.13. The maximum Gasteiger partial charge on any atom is 0.190 e. The second-order valence-electron chi connectivity index (χ2n) is 5.80. The van der Waals surface area contributed by atoms with E-state index in [0.29, 0.717) is 12.3 Å². The first-order chi connectivity index (χ1) is 9.28. The van der Waals surface area contributed by atoms with Crippen molar-refractivity contribution in [2.75, 3.05) is 32.8 Å². The number of allylic oxidation sites excluding steroid dienone is 1. The largest absolute Gasteiger partial charge is 0.370 e. The molecule has 1 aliphatic heterocycles. The van der Waals surface area contributed by atoms with E-state index >= 15 is 0 Å². The summed E-state index contributed by atoms with van der Waals surface area (Å²) in [5.74, 6) is 0.0295. The highest BCUT2D eigenvalue weighted by molar-refractivity contribution is 5.76. The van der Waals surface area contributed by atoms with Crippen molar-refractivity contribution in [1.82, 2.24) is 10.2 Å². The van der Waals surface area contributed by atoms with Crippen LogP contribution in [0.15, 0.2) is 29.0 Å². The second-order valence-corrected chi connectivity index (χ2v) is 5.80. The van der Waals surface area contributed by atoms with Gasteiger partial charge in [-0.05, 0) is 26.8 Å². The van der Waals surface area contributed by atoms with Gasteiger partial charge in [0.25, 0.3) is 0 Å². The highest BCUT2D eigenvalue weighted by atomic mass is 16.5. The van der Waals surface area contributed by atoms with Gasteiger partial charge in [0.15, 0.2) is 5.96 Å². The van der Waals surface area contributed by atoms with Crippen molar-refractivity contribution in [1.29, 1.82) is 0 Å². The van der Waals surface area contributed by atoms with E-state index in [-0.39, 0.29) is 11.6 Å². The summed E-state index contributed by atoms with van der Waals surface area (Å²) < 4.78 is 5.72. The van der Waals surface area contributed by atoms with Crippen molar-refractivity contribution in [3.8, 4) is 0 Å². The lowest BCUT2D eigenvalue weighted by atomic mass is 10.2.